The summed E-state index contributed by atoms with van der Waals surface area (Å²) < 4.78 is 7.10. The number of phenolic OH excluding ortho intramolecular Hbond substituents is 1. The minimum absolute atomic E-state index is 0.0988. The van der Waals surface area contributed by atoms with Crippen LogP contribution in [0.4, 0.5) is 5.69 Å². The largest absolute Gasteiger partial charge is 0.508 e. The first-order chi connectivity index (χ1) is 13.2. The monoisotopic (exact) mass is 385 g/mol. The van der Waals surface area contributed by atoms with Crippen LogP contribution in [0.3, 0.4) is 0 Å². The molecule has 0 spiro atoms. The fourth-order valence-corrected chi connectivity index (χ4v) is 3.17. The number of phenols is 1. The van der Waals surface area contributed by atoms with Crippen molar-refractivity contribution in [2.45, 2.75) is 11.7 Å². The maximum absolute atomic E-state index is 12.2. The first-order valence-electron chi connectivity index (χ1n) is 8.21. The molecule has 1 amide bonds. The second kappa shape index (κ2) is 9.15. The number of aromatic nitrogens is 4. The molecule has 0 aliphatic rings. The normalized spacial score (nSPS) is 10.7. The Hall–Kier alpha value is -2.91. The Labute approximate surface area is 160 Å². The third-order valence-electron chi connectivity index (χ3n) is 3.64. The zero-order chi connectivity index (χ0) is 19.1. The molecule has 2 aromatic heterocycles. The topological polar surface area (TPSA) is 102 Å². The Morgan fingerprint density at radius 1 is 1.26 bits per heavy atom. The van der Waals surface area contributed by atoms with E-state index in [4.69, 9.17) is 4.74 Å². The van der Waals surface area contributed by atoms with Gasteiger partial charge in [-0.25, -0.2) is 0 Å². The number of hydrogen-bond donors (Lipinski definition) is 2. The fraction of sp³-hybridized carbons (Fsp3) is 0.222. The molecule has 0 aliphatic carbocycles. The van der Waals surface area contributed by atoms with E-state index in [0.29, 0.717) is 29.8 Å². The van der Waals surface area contributed by atoms with E-state index in [1.165, 1.54) is 17.8 Å². The Balaban J connectivity index is 1.70. The van der Waals surface area contributed by atoms with E-state index in [0.717, 1.165) is 5.56 Å². The molecule has 2 heterocycles. The number of carbonyl (C=O) groups is 1. The van der Waals surface area contributed by atoms with Gasteiger partial charge in [0.1, 0.15) is 5.75 Å². The first kappa shape index (κ1) is 18.9. The predicted molar refractivity (Wildman–Crippen MR) is 103 cm³/mol. The van der Waals surface area contributed by atoms with Gasteiger partial charge in [0.15, 0.2) is 11.0 Å². The summed E-state index contributed by atoms with van der Waals surface area (Å²) >= 11 is 1.29. The second-order valence-electron chi connectivity index (χ2n) is 5.57. The number of nitrogens with one attached hydrogen (secondary N) is 1. The lowest BCUT2D eigenvalue weighted by molar-refractivity contribution is -0.113. The van der Waals surface area contributed by atoms with Crippen LogP contribution in [0.5, 0.6) is 5.75 Å². The summed E-state index contributed by atoms with van der Waals surface area (Å²) in [5, 5.41) is 21.3. The number of rotatable bonds is 8. The summed E-state index contributed by atoms with van der Waals surface area (Å²) in [5.74, 6) is 0.765. The van der Waals surface area contributed by atoms with Crippen LogP contribution in [0.25, 0.3) is 11.4 Å². The average molecular weight is 385 g/mol. The lowest BCUT2D eigenvalue weighted by atomic mass is 10.2. The van der Waals surface area contributed by atoms with Crippen LogP contribution in [-0.4, -0.2) is 50.2 Å². The summed E-state index contributed by atoms with van der Waals surface area (Å²) in [6, 6.07) is 10.1. The molecule has 8 nitrogen and oxygen atoms in total. The van der Waals surface area contributed by atoms with Gasteiger partial charge < -0.3 is 15.2 Å². The van der Waals surface area contributed by atoms with Gasteiger partial charge in [-0.15, -0.1) is 10.2 Å². The Kier molecular flexibility index (Phi) is 6.39. The molecule has 0 aliphatic heterocycles. The van der Waals surface area contributed by atoms with E-state index < -0.39 is 0 Å². The summed E-state index contributed by atoms with van der Waals surface area (Å²) in [4.78, 5) is 16.2. The fourth-order valence-electron chi connectivity index (χ4n) is 2.40. The molecule has 0 bridgehead atoms. The van der Waals surface area contributed by atoms with Crippen molar-refractivity contribution < 1.29 is 14.6 Å². The predicted octanol–water partition coefficient (Wildman–Crippen LogP) is 2.42. The average Bonchev–Trinajstić information content (AvgIpc) is 3.08. The van der Waals surface area contributed by atoms with Crippen molar-refractivity contribution in [3.63, 3.8) is 0 Å². The maximum atomic E-state index is 12.2. The number of pyridine rings is 1. The highest BCUT2D eigenvalue weighted by atomic mass is 32.2. The van der Waals surface area contributed by atoms with Gasteiger partial charge in [-0.2, -0.15) is 0 Å². The molecule has 0 saturated heterocycles. The Bertz CT molecular complexity index is 901. The molecule has 9 heteroatoms. The molecule has 0 atom stereocenters. The van der Waals surface area contributed by atoms with Crippen LogP contribution in [-0.2, 0) is 16.1 Å². The van der Waals surface area contributed by atoms with E-state index in [2.05, 4.69) is 20.5 Å². The number of anilines is 1. The third kappa shape index (κ3) is 5.05. The van der Waals surface area contributed by atoms with E-state index in [1.54, 1.807) is 37.7 Å². The van der Waals surface area contributed by atoms with Gasteiger partial charge >= 0.3 is 0 Å². The highest BCUT2D eigenvalue weighted by molar-refractivity contribution is 7.99. The Morgan fingerprint density at radius 3 is 2.81 bits per heavy atom. The summed E-state index contributed by atoms with van der Waals surface area (Å²) in [7, 11) is 1.63. The zero-order valence-electron chi connectivity index (χ0n) is 14.7. The van der Waals surface area contributed by atoms with Crippen molar-refractivity contribution in [3.8, 4) is 17.1 Å². The summed E-state index contributed by atoms with van der Waals surface area (Å²) in [5.41, 5.74) is 1.43. The molecule has 2 N–H and O–H groups in total. The molecule has 1 aromatic carbocycles. The number of hydrogen-bond acceptors (Lipinski definition) is 7. The van der Waals surface area contributed by atoms with Crippen molar-refractivity contribution in [2.24, 2.45) is 0 Å². The molecule has 27 heavy (non-hydrogen) atoms. The standard InChI is InChI=1S/C18H19N5O3S/c1-26-10-9-23-17(13-5-7-19-8-6-13)21-22-18(23)27-12-16(25)20-14-3-2-4-15(24)11-14/h2-8,11,24H,9-10,12H2,1H3,(H,20,25). The number of methoxy groups -OCH3 is 1. The number of ether oxygens (including phenoxy) is 1. The van der Waals surface area contributed by atoms with Gasteiger partial charge in [0, 0.05) is 36.8 Å². The smallest absolute Gasteiger partial charge is 0.234 e. The van der Waals surface area contributed by atoms with Gasteiger partial charge in [-0.1, -0.05) is 17.8 Å². The number of carbonyl (C=O) groups excluding carboxylic acids is 1. The summed E-state index contributed by atoms with van der Waals surface area (Å²) in [6.45, 7) is 1.07. The zero-order valence-corrected chi connectivity index (χ0v) is 15.5. The number of benzene rings is 1. The molecule has 3 aromatic rings. The van der Waals surface area contributed by atoms with Crippen LogP contribution in [0.1, 0.15) is 0 Å². The molecular weight excluding hydrogens is 366 g/mol. The van der Waals surface area contributed by atoms with E-state index in [-0.39, 0.29) is 17.4 Å². The highest BCUT2D eigenvalue weighted by Gasteiger charge is 2.15. The highest BCUT2D eigenvalue weighted by Crippen LogP contribution is 2.24. The quantitative estimate of drug-likeness (QED) is 0.574. The molecule has 0 fully saturated rings. The van der Waals surface area contributed by atoms with E-state index in [9.17, 15) is 9.90 Å². The number of nitrogens with zero attached hydrogens (tertiary/aromatic N) is 4. The minimum Gasteiger partial charge on any atom is -0.508 e. The van der Waals surface area contributed by atoms with Crippen LogP contribution >= 0.6 is 11.8 Å². The van der Waals surface area contributed by atoms with Gasteiger partial charge in [0.25, 0.3) is 0 Å². The summed E-state index contributed by atoms with van der Waals surface area (Å²) in [6.07, 6.45) is 3.39. The molecule has 3 rings (SSSR count). The van der Waals surface area contributed by atoms with Gasteiger partial charge in [0.05, 0.1) is 18.9 Å². The first-order valence-corrected chi connectivity index (χ1v) is 9.20. The lowest BCUT2D eigenvalue weighted by Crippen LogP contribution is -2.15. The third-order valence-corrected chi connectivity index (χ3v) is 4.60. The van der Waals surface area contributed by atoms with Crippen molar-refractivity contribution >= 4 is 23.4 Å². The van der Waals surface area contributed by atoms with Crippen LogP contribution in [0, 0.1) is 0 Å². The number of aromatic hydroxyl groups is 1. The van der Waals surface area contributed by atoms with Crippen LogP contribution in [0.2, 0.25) is 0 Å². The Morgan fingerprint density at radius 2 is 2.07 bits per heavy atom. The van der Waals surface area contributed by atoms with Crippen molar-refractivity contribution in [1.29, 1.82) is 0 Å². The molecule has 0 unspecified atom stereocenters. The van der Waals surface area contributed by atoms with Crippen molar-refractivity contribution in [3.05, 3.63) is 48.8 Å². The number of thioether (sulfide) groups is 1. The maximum Gasteiger partial charge on any atom is 0.234 e. The van der Waals surface area contributed by atoms with E-state index >= 15 is 0 Å². The van der Waals surface area contributed by atoms with E-state index in [1.807, 2.05) is 16.7 Å². The second-order valence-corrected chi connectivity index (χ2v) is 6.52. The molecule has 0 radical (unpaired) electrons. The lowest BCUT2D eigenvalue weighted by Gasteiger charge is -2.10. The van der Waals surface area contributed by atoms with Gasteiger partial charge in [0.2, 0.25) is 5.91 Å². The SMILES string of the molecule is COCCn1c(SCC(=O)Nc2cccc(O)c2)nnc1-c1ccncc1. The van der Waals surface area contributed by atoms with Gasteiger partial charge in [-0.3, -0.25) is 14.3 Å². The van der Waals surface area contributed by atoms with Crippen molar-refractivity contribution in [1.82, 2.24) is 19.7 Å². The molecule has 140 valence electrons. The van der Waals surface area contributed by atoms with Gasteiger partial charge in [-0.05, 0) is 24.3 Å². The van der Waals surface area contributed by atoms with Crippen LogP contribution in [0.15, 0.2) is 53.9 Å². The molecular formula is C18H19N5O3S. The molecule has 0 saturated carbocycles. The minimum atomic E-state index is -0.197. The number of amides is 1. The van der Waals surface area contributed by atoms with Crippen LogP contribution < -0.4 is 5.32 Å². The van der Waals surface area contributed by atoms with Crippen molar-refractivity contribution in [2.75, 3.05) is 24.8 Å².